The molecule has 2 aromatic heterocycles. The Bertz CT molecular complexity index is 923. The second-order valence-electron chi connectivity index (χ2n) is 6.96. The topological polar surface area (TPSA) is 80.0 Å². The standard InChI is InChI=1S/C20H23N7O/c1-25-23-19(22-24-25)17-5-7-18(8-6-17)20(28)27-11-3-10-26(12-13-27)15-16-4-2-9-21-14-16/h2,4-9,14H,3,10-13,15H2,1H3. The summed E-state index contributed by atoms with van der Waals surface area (Å²) in [6, 6.07) is 11.5. The van der Waals surface area contributed by atoms with Crippen molar-refractivity contribution in [1.29, 1.82) is 0 Å². The van der Waals surface area contributed by atoms with Gasteiger partial charge in [-0.15, -0.1) is 10.2 Å². The van der Waals surface area contributed by atoms with Crippen molar-refractivity contribution in [3.8, 4) is 11.4 Å². The van der Waals surface area contributed by atoms with Crippen LogP contribution in [0.3, 0.4) is 0 Å². The summed E-state index contributed by atoms with van der Waals surface area (Å²) >= 11 is 0. The summed E-state index contributed by atoms with van der Waals surface area (Å²) in [6.07, 6.45) is 4.66. The van der Waals surface area contributed by atoms with Crippen LogP contribution in [0.25, 0.3) is 11.4 Å². The van der Waals surface area contributed by atoms with E-state index in [1.54, 1.807) is 13.2 Å². The Hall–Kier alpha value is -3.13. The van der Waals surface area contributed by atoms with E-state index in [-0.39, 0.29) is 5.91 Å². The Labute approximate surface area is 163 Å². The van der Waals surface area contributed by atoms with Gasteiger partial charge in [0.15, 0.2) is 0 Å². The lowest BCUT2D eigenvalue weighted by Crippen LogP contribution is -2.35. The first-order valence-electron chi connectivity index (χ1n) is 9.44. The van der Waals surface area contributed by atoms with Crippen molar-refractivity contribution >= 4 is 5.91 Å². The normalized spacial score (nSPS) is 15.4. The molecule has 3 aromatic rings. The third kappa shape index (κ3) is 4.23. The molecule has 0 atom stereocenters. The summed E-state index contributed by atoms with van der Waals surface area (Å²) in [6.45, 7) is 4.22. The van der Waals surface area contributed by atoms with Gasteiger partial charge >= 0.3 is 0 Å². The van der Waals surface area contributed by atoms with Gasteiger partial charge in [-0.3, -0.25) is 14.7 Å². The fourth-order valence-electron chi connectivity index (χ4n) is 3.43. The Morgan fingerprint density at radius 2 is 1.93 bits per heavy atom. The van der Waals surface area contributed by atoms with Crippen LogP contribution >= 0.6 is 0 Å². The number of aryl methyl sites for hydroxylation is 1. The third-order valence-corrected chi connectivity index (χ3v) is 4.90. The van der Waals surface area contributed by atoms with Gasteiger partial charge in [0.1, 0.15) is 0 Å². The largest absolute Gasteiger partial charge is 0.337 e. The molecule has 0 saturated carbocycles. The van der Waals surface area contributed by atoms with Gasteiger partial charge < -0.3 is 4.90 Å². The van der Waals surface area contributed by atoms with Crippen LogP contribution in [0.1, 0.15) is 22.3 Å². The Morgan fingerprint density at radius 3 is 2.64 bits per heavy atom. The second kappa shape index (κ2) is 8.26. The fourth-order valence-corrected chi connectivity index (χ4v) is 3.43. The minimum atomic E-state index is 0.0712. The SMILES string of the molecule is Cn1nnc(-c2ccc(C(=O)N3CCCN(Cc4cccnc4)CC3)cc2)n1. The molecule has 8 heteroatoms. The van der Waals surface area contributed by atoms with E-state index in [1.165, 1.54) is 10.4 Å². The molecule has 0 N–H and O–H groups in total. The number of pyridine rings is 1. The van der Waals surface area contributed by atoms with Gasteiger partial charge in [-0.1, -0.05) is 18.2 Å². The summed E-state index contributed by atoms with van der Waals surface area (Å²) in [5, 5.41) is 12.0. The van der Waals surface area contributed by atoms with Crippen molar-refractivity contribution in [2.45, 2.75) is 13.0 Å². The molecular formula is C20H23N7O. The molecule has 28 heavy (non-hydrogen) atoms. The average Bonchev–Trinajstić information content (AvgIpc) is 3.03. The van der Waals surface area contributed by atoms with Gasteiger partial charge in [-0.05, 0) is 35.4 Å². The molecule has 1 amide bonds. The van der Waals surface area contributed by atoms with Crippen LogP contribution in [0.5, 0.6) is 0 Å². The van der Waals surface area contributed by atoms with Crippen molar-refractivity contribution in [1.82, 2.24) is 35.0 Å². The molecule has 1 aliphatic rings. The first kappa shape index (κ1) is 18.2. The predicted molar refractivity (Wildman–Crippen MR) is 104 cm³/mol. The van der Waals surface area contributed by atoms with Gasteiger partial charge in [-0.25, -0.2) is 0 Å². The zero-order valence-corrected chi connectivity index (χ0v) is 15.9. The van der Waals surface area contributed by atoms with E-state index in [2.05, 4.69) is 31.4 Å². The summed E-state index contributed by atoms with van der Waals surface area (Å²) < 4.78 is 0. The van der Waals surface area contributed by atoms with E-state index in [0.717, 1.165) is 44.7 Å². The van der Waals surface area contributed by atoms with Crippen molar-refractivity contribution in [3.05, 3.63) is 59.9 Å². The minimum absolute atomic E-state index is 0.0712. The maximum atomic E-state index is 12.9. The maximum absolute atomic E-state index is 12.9. The number of amides is 1. The van der Waals surface area contributed by atoms with Crippen molar-refractivity contribution < 1.29 is 4.79 Å². The molecule has 1 fully saturated rings. The number of hydrogen-bond donors (Lipinski definition) is 0. The molecule has 1 aliphatic heterocycles. The number of carbonyl (C=O) groups excluding carboxylic acids is 1. The molecule has 4 rings (SSSR count). The van der Waals surface area contributed by atoms with E-state index in [4.69, 9.17) is 0 Å². The Morgan fingerprint density at radius 1 is 1.07 bits per heavy atom. The number of rotatable bonds is 4. The lowest BCUT2D eigenvalue weighted by atomic mass is 10.1. The van der Waals surface area contributed by atoms with Crippen LogP contribution in [0, 0.1) is 0 Å². The van der Waals surface area contributed by atoms with Crippen LogP contribution < -0.4 is 0 Å². The predicted octanol–water partition coefficient (Wildman–Crippen LogP) is 1.62. The van der Waals surface area contributed by atoms with Crippen molar-refractivity contribution in [2.75, 3.05) is 26.2 Å². The van der Waals surface area contributed by atoms with Gasteiger partial charge in [-0.2, -0.15) is 4.80 Å². The smallest absolute Gasteiger partial charge is 0.253 e. The third-order valence-electron chi connectivity index (χ3n) is 4.90. The molecule has 8 nitrogen and oxygen atoms in total. The quantitative estimate of drug-likeness (QED) is 0.687. The number of benzene rings is 1. The summed E-state index contributed by atoms with van der Waals surface area (Å²) in [7, 11) is 1.73. The zero-order chi connectivity index (χ0) is 19.3. The number of carbonyl (C=O) groups is 1. The van der Waals surface area contributed by atoms with Gasteiger partial charge in [0, 0.05) is 56.2 Å². The Balaban J connectivity index is 1.38. The molecule has 144 valence electrons. The average molecular weight is 377 g/mol. The zero-order valence-electron chi connectivity index (χ0n) is 15.9. The van der Waals surface area contributed by atoms with Crippen LogP contribution in [-0.2, 0) is 13.6 Å². The number of hydrogen-bond acceptors (Lipinski definition) is 6. The van der Waals surface area contributed by atoms with E-state index in [9.17, 15) is 4.79 Å². The van der Waals surface area contributed by atoms with E-state index in [1.807, 2.05) is 41.4 Å². The summed E-state index contributed by atoms with van der Waals surface area (Å²) in [4.78, 5) is 22.8. The highest BCUT2D eigenvalue weighted by atomic mass is 16.2. The number of nitrogens with zero attached hydrogens (tertiary/aromatic N) is 7. The lowest BCUT2D eigenvalue weighted by Gasteiger charge is -2.22. The highest BCUT2D eigenvalue weighted by Crippen LogP contribution is 2.17. The molecule has 1 saturated heterocycles. The van der Waals surface area contributed by atoms with E-state index >= 15 is 0 Å². The summed E-state index contributed by atoms with van der Waals surface area (Å²) in [5.41, 5.74) is 2.74. The van der Waals surface area contributed by atoms with Crippen LogP contribution in [0.15, 0.2) is 48.8 Å². The molecule has 0 spiro atoms. The second-order valence-corrected chi connectivity index (χ2v) is 6.96. The van der Waals surface area contributed by atoms with Crippen LogP contribution in [0.2, 0.25) is 0 Å². The van der Waals surface area contributed by atoms with Gasteiger partial charge in [0.25, 0.3) is 5.91 Å². The molecule has 0 radical (unpaired) electrons. The monoisotopic (exact) mass is 377 g/mol. The molecule has 0 bridgehead atoms. The van der Waals surface area contributed by atoms with E-state index in [0.29, 0.717) is 11.4 Å². The highest BCUT2D eigenvalue weighted by Gasteiger charge is 2.20. The molecule has 1 aromatic carbocycles. The first-order valence-corrected chi connectivity index (χ1v) is 9.44. The van der Waals surface area contributed by atoms with Crippen molar-refractivity contribution in [3.63, 3.8) is 0 Å². The van der Waals surface area contributed by atoms with Gasteiger partial charge in [0.2, 0.25) is 5.82 Å². The molecule has 0 aliphatic carbocycles. The number of aromatic nitrogens is 5. The number of tetrazole rings is 1. The highest BCUT2D eigenvalue weighted by molar-refractivity contribution is 5.94. The molecule has 0 unspecified atom stereocenters. The minimum Gasteiger partial charge on any atom is -0.337 e. The van der Waals surface area contributed by atoms with Crippen LogP contribution in [0.4, 0.5) is 0 Å². The van der Waals surface area contributed by atoms with Crippen molar-refractivity contribution in [2.24, 2.45) is 7.05 Å². The van der Waals surface area contributed by atoms with E-state index < -0.39 is 0 Å². The first-order chi connectivity index (χ1) is 13.7. The molecular weight excluding hydrogens is 354 g/mol. The fraction of sp³-hybridized carbons (Fsp3) is 0.350. The Kier molecular flexibility index (Phi) is 5.38. The van der Waals surface area contributed by atoms with Crippen LogP contribution in [-0.4, -0.2) is 67.1 Å². The molecule has 3 heterocycles. The van der Waals surface area contributed by atoms with Gasteiger partial charge in [0.05, 0.1) is 7.05 Å². The maximum Gasteiger partial charge on any atom is 0.253 e. The lowest BCUT2D eigenvalue weighted by molar-refractivity contribution is 0.0761. The summed E-state index contributed by atoms with van der Waals surface area (Å²) in [5.74, 6) is 0.629.